The molecule has 1 fully saturated rings. The molecule has 0 spiro atoms. The van der Waals surface area contributed by atoms with Crippen molar-refractivity contribution in [2.75, 3.05) is 36.5 Å². The Balaban J connectivity index is 1.43. The van der Waals surface area contributed by atoms with Crippen molar-refractivity contribution in [3.63, 3.8) is 0 Å². The normalized spacial score (nSPS) is 13.7. The number of nitrogens with zero attached hydrogens (tertiary/aromatic N) is 3. The van der Waals surface area contributed by atoms with Crippen LogP contribution in [0.25, 0.3) is 20.8 Å². The topological polar surface area (TPSA) is 97.6 Å². The van der Waals surface area contributed by atoms with Crippen molar-refractivity contribution in [2.24, 2.45) is 0 Å². The summed E-state index contributed by atoms with van der Waals surface area (Å²) in [6.45, 7) is 4.25. The average molecular weight is 475 g/mol. The number of carbonyl (C=O) groups is 1. The van der Waals surface area contributed by atoms with Gasteiger partial charge < -0.3 is 15.0 Å². The van der Waals surface area contributed by atoms with Gasteiger partial charge in [0.25, 0.3) is 11.6 Å². The summed E-state index contributed by atoms with van der Waals surface area (Å²) in [6.07, 6.45) is 0. The Morgan fingerprint density at radius 1 is 1.12 bits per heavy atom. The van der Waals surface area contributed by atoms with Crippen LogP contribution in [0, 0.1) is 17.0 Å². The number of nitro benzene ring substituents is 1. The van der Waals surface area contributed by atoms with E-state index in [1.54, 1.807) is 17.4 Å². The third kappa shape index (κ3) is 4.35. The summed E-state index contributed by atoms with van der Waals surface area (Å²) in [5.74, 6) is -0.388. The van der Waals surface area contributed by atoms with Crippen molar-refractivity contribution in [1.29, 1.82) is 0 Å². The number of morpholine rings is 1. The molecule has 9 heteroatoms. The van der Waals surface area contributed by atoms with Gasteiger partial charge in [0.05, 0.1) is 39.6 Å². The number of thiazole rings is 1. The Hall–Kier alpha value is -3.82. The van der Waals surface area contributed by atoms with Gasteiger partial charge in [-0.2, -0.15) is 0 Å². The van der Waals surface area contributed by atoms with Crippen molar-refractivity contribution < 1.29 is 14.5 Å². The molecule has 0 radical (unpaired) electrons. The van der Waals surface area contributed by atoms with Gasteiger partial charge >= 0.3 is 0 Å². The Morgan fingerprint density at radius 3 is 2.65 bits per heavy atom. The highest BCUT2D eigenvalue weighted by Gasteiger charge is 2.22. The third-order valence-electron chi connectivity index (χ3n) is 5.80. The summed E-state index contributed by atoms with van der Waals surface area (Å²) in [6, 6.07) is 18.2. The first-order chi connectivity index (χ1) is 16.5. The van der Waals surface area contributed by atoms with Gasteiger partial charge in [-0.05, 0) is 48.9 Å². The van der Waals surface area contributed by atoms with Crippen molar-refractivity contribution >= 4 is 44.5 Å². The number of anilines is 2. The van der Waals surface area contributed by atoms with Crippen LogP contribution in [0.5, 0.6) is 0 Å². The number of carbonyl (C=O) groups excluding carboxylic acids is 1. The summed E-state index contributed by atoms with van der Waals surface area (Å²) >= 11 is 1.62. The fourth-order valence-electron chi connectivity index (χ4n) is 4.02. The van der Waals surface area contributed by atoms with Gasteiger partial charge in [-0.3, -0.25) is 14.9 Å². The maximum atomic E-state index is 13.3. The number of para-hydroxylation sites is 1. The standard InChI is InChI=1S/C25H22N4O4S/c1-16-14-17(25-27-21-4-2-3-5-23(21)34-25)6-8-20(16)26-24(30)19-15-18(29(31)32)7-9-22(19)28-10-12-33-13-11-28/h2-9,14-15H,10-13H2,1H3,(H,26,30). The van der Waals surface area contributed by atoms with E-state index in [4.69, 9.17) is 9.72 Å². The molecule has 0 unspecified atom stereocenters. The summed E-state index contributed by atoms with van der Waals surface area (Å²) in [4.78, 5) is 30.9. The summed E-state index contributed by atoms with van der Waals surface area (Å²) < 4.78 is 6.53. The molecule has 172 valence electrons. The number of fused-ring (bicyclic) bond motifs is 1. The van der Waals surface area contributed by atoms with E-state index in [1.807, 2.05) is 54.3 Å². The number of nitro groups is 1. The van der Waals surface area contributed by atoms with Crippen LogP contribution < -0.4 is 10.2 Å². The molecule has 8 nitrogen and oxygen atoms in total. The van der Waals surface area contributed by atoms with Crippen molar-refractivity contribution in [1.82, 2.24) is 4.98 Å². The Bertz CT molecular complexity index is 1360. The van der Waals surface area contributed by atoms with Crippen LogP contribution in [0.15, 0.2) is 60.7 Å². The van der Waals surface area contributed by atoms with Gasteiger partial charge in [0.15, 0.2) is 0 Å². The molecular weight excluding hydrogens is 452 g/mol. The predicted octanol–water partition coefficient (Wildman–Crippen LogP) is 5.27. The van der Waals surface area contributed by atoms with Gasteiger partial charge in [-0.1, -0.05) is 12.1 Å². The van der Waals surface area contributed by atoms with Crippen LogP contribution in [-0.4, -0.2) is 42.1 Å². The maximum Gasteiger partial charge on any atom is 0.270 e. The average Bonchev–Trinajstić information content (AvgIpc) is 3.30. The van der Waals surface area contributed by atoms with Crippen molar-refractivity contribution in [2.45, 2.75) is 6.92 Å². The quantitative estimate of drug-likeness (QED) is 0.313. The number of aryl methyl sites for hydroxylation is 1. The zero-order chi connectivity index (χ0) is 23.7. The van der Waals surface area contributed by atoms with Crippen LogP contribution in [-0.2, 0) is 4.74 Å². The number of non-ortho nitro benzene ring substituents is 1. The molecule has 0 saturated carbocycles. The lowest BCUT2D eigenvalue weighted by Gasteiger charge is -2.30. The number of rotatable bonds is 5. The van der Waals surface area contributed by atoms with E-state index in [-0.39, 0.29) is 17.2 Å². The lowest BCUT2D eigenvalue weighted by molar-refractivity contribution is -0.384. The van der Waals surface area contributed by atoms with Crippen LogP contribution in [0.2, 0.25) is 0 Å². The minimum absolute atomic E-state index is 0.120. The molecule has 34 heavy (non-hydrogen) atoms. The first-order valence-electron chi connectivity index (χ1n) is 10.9. The molecule has 1 N–H and O–H groups in total. The van der Waals surface area contributed by atoms with Crippen LogP contribution in [0.3, 0.4) is 0 Å². The molecule has 5 rings (SSSR count). The van der Waals surface area contributed by atoms with E-state index in [2.05, 4.69) is 5.32 Å². The molecule has 1 amide bonds. The second-order valence-electron chi connectivity index (χ2n) is 8.03. The molecular formula is C25H22N4O4S. The molecule has 1 aliphatic rings. The van der Waals surface area contributed by atoms with E-state index >= 15 is 0 Å². The molecule has 0 atom stereocenters. The SMILES string of the molecule is Cc1cc(-c2nc3ccccc3s2)ccc1NC(=O)c1cc([N+](=O)[O-])ccc1N1CCOCC1. The van der Waals surface area contributed by atoms with Gasteiger partial charge in [0.1, 0.15) is 5.01 Å². The number of benzene rings is 3. The van der Waals surface area contributed by atoms with Gasteiger partial charge in [-0.25, -0.2) is 4.98 Å². The molecule has 0 bridgehead atoms. The summed E-state index contributed by atoms with van der Waals surface area (Å²) in [5.41, 5.74) is 4.27. The van der Waals surface area contributed by atoms with Gasteiger partial charge in [0.2, 0.25) is 0 Å². The van der Waals surface area contributed by atoms with E-state index in [9.17, 15) is 14.9 Å². The molecule has 4 aromatic rings. The molecule has 1 saturated heterocycles. The number of amides is 1. The lowest BCUT2D eigenvalue weighted by Crippen LogP contribution is -2.37. The van der Waals surface area contributed by atoms with Crippen LogP contribution in [0.4, 0.5) is 17.1 Å². The van der Waals surface area contributed by atoms with Crippen LogP contribution >= 0.6 is 11.3 Å². The number of hydrogen-bond acceptors (Lipinski definition) is 7. The Morgan fingerprint density at radius 2 is 1.91 bits per heavy atom. The highest BCUT2D eigenvalue weighted by Crippen LogP contribution is 2.33. The minimum atomic E-state index is -0.488. The van der Waals surface area contributed by atoms with E-state index in [0.717, 1.165) is 26.4 Å². The summed E-state index contributed by atoms with van der Waals surface area (Å²) in [5, 5.41) is 15.2. The lowest BCUT2D eigenvalue weighted by atomic mass is 10.1. The Kier molecular flexibility index (Phi) is 5.95. The second-order valence-corrected chi connectivity index (χ2v) is 9.06. The number of hydrogen-bond donors (Lipinski definition) is 1. The van der Waals surface area contributed by atoms with E-state index in [1.165, 1.54) is 12.1 Å². The van der Waals surface area contributed by atoms with E-state index < -0.39 is 4.92 Å². The zero-order valence-electron chi connectivity index (χ0n) is 18.5. The molecule has 2 heterocycles. The fraction of sp³-hybridized carbons (Fsp3) is 0.200. The van der Waals surface area contributed by atoms with E-state index in [0.29, 0.717) is 37.7 Å². The van der Waals surface area contributed by atoms with Crippen molar-refractivity contribution in [3.05, 3.63) is 81.9 Å². The number of nitrogens with one attached hydrogen (secondary N) is 1. The molecule has 3 aromatic carbocycles. The van der Waals surface area contributed by atoms with Gasteiger partial charge in [-0.15, -0.1) is 11.3 Å². The van der Waals surface area contributed by atoms with Crippen molar-refractivity contribution in [3.8, 4) is 10.6 Å². The number of aromatic nitrogens is 1. The first kappa shape index (κ1) is 22.0. The highest BCUT2D eigenvalue weighted by molar-refractivity contribution is 7.21. The first-order valence-corrected chi connectivity index (χ1v) is 11.7. The molecule has 1 aliphatic heterocycles. The third-order valence-corrected chi connectivity index (χ3v) is 6.89. The Labute approximate surface area is 200 Å². The van der Waals surface area contributed by atoms with Crippen LogP contribution in [0.1, 0.15) is 15.9 Å². The molecule has 1 aromatic heterocycles. The van der Waals surface area contributed by atoms with Gasteiger partial charge in [0, 0.05) is 36.5 Å². The largest absolute Gasteiger partial charge is 0.378 e. The smallest absolute Gasteiger partial charge is 0.270 e. The second kappa shape index (κ2) is 9.20. The minimum Gasteiger partial charge on any atom is -0.378 e. The monoisotopic (exact) mass is 474 g/mol. The number of ether oxygens (including phenoxy) is 1. The zero-order valence-corrected chi connectivity index (χ0v) is 19.3. The fourth-order valence-corrected chi connectivity index (χ4v) is 4.98. The molecule has 0 aliphatic carbocycles. The maximum absolute atomic E-state index is 13.3. The summed E-state index contributed by atoms with van der Waals surface area (Å²) in [7, 11) is 0. The highest BCUT2D eigenvalue weighted by atomic mass is 32.1. The predicted molar refractivity (Wildman–Crippen MR) is 134 cm³/mol.